The Morgan fingerprint density at radius 2 is 1.50 bits per heavy atom. The third kappa shape index (κ3) is 2.78. The molecule has 0 atom stereocenters. The van der Waals surface area contributed by atoms with E-state index in [0.717, 1.165) is 0 Å². The van der Waals surface area contributed by atoms with Gasteiger partial charge in [-0.05, 0) is 60.6 Å². The summed E-state index contributed by atoms with van der Waals surface area (Å²) in [7, 11) is -1.78. The zero-order chi connectivity index (χ0) is 25.8. The lowest BCUT2D eigenvalue weighted by Crippen LogP contribution is -2.79. The first kappa shape index (κ1) is 22.7. The van der Waals surface area contributed by atoms with Crippen LogP contribution in [0.2, 0.25) is 13.1 Å². The first-order valence-corrected chi connectivity index (χ1v) is 17.4. The van der Waals surface area contributed by atoms with Crippen molar-refractivity contribution in [2.45, 2.75) is 58.0 Å². The summed E-state index contributed by atoms with van der Waals surface area (Å²) in [5.41, 5.74) is 13.4. The summed E-state index contributed by atoms with van der Waals surface area (Å²) in [4.78, 5) is 0. The number of hydrogen-bond acceptors (Lipinski definition) is 0. The van der Waals surface area contributed by atoms with Gasteiger partial charge < -0.3 is 4.57 Å². The monoisotopic (exact) mass is 507 g/mol. The Morgan fingerprint density at radius 3 is 2.39 bits per heavy atom. The summed E-state index contributed by atoms with van der Waals surface area (Å²) in [5, 5.41) is 4.68. The van der Waals surface area contributed by atoms with Gasteiger partial charge in [0.2, 0.25) is 6.71 Å². The normalized spacial score (nSPS) is 17.9. The number of fused-ring (bicyclic) bond motifs is 7. The first-order chi connectivity index (χ1) is 18.4. The van der Waals surface area contributed by atoms with Crippen LogP contribution < -0.4 is 26.8 Å². The minimum absolute atomic E-state index is 0.0486. The summed E-state index contributed by atoms with van der Waals surface area (Å²) in [5.74, 6) is 0. The molecular weight excluding hydrogens is 473 g/mol. The Morgan fingerprint density at radius 1 is 0.737 bits per heavy atom. The van der Waals surface area contributed by atoms with Gasteiger partial charge in [-0.15, -0.1) is 0 Å². The summed E-state index contributed by atoms with van der Waals surface area (Å²) in [6.45, 7) is 10.3. The smallest absolute Gasteiger partial charge is 0.241 e. The van der Waals surface area contributed by atoms with E-state index in [1.807, 2.05) is 0 Å². The second kappa shape index (κ2) is 7.64. The molecule has 1 aliphatic carbocycles. The molecule has 8 rings (SSSR count). The molecule has 0 saturated carbocycles. The predicted octanol–water partition coefficient (Wildman–Crippen LogP) is 4.80. The molecule has 3 heterocycles. The van der Waals surface area contributed by atoms with Crippen LogP contribution in [0.5, 0.6) is 0 Å². The maximum Gasteiger partial charge on any atom is 0.241 e. The number of hydrogen-bond donors (Lipinski definition) is 0. The van der Waals surface area contributed by atoms with Gasteiger partial charge in [-0.1, -0.05) is 120 Å². The highest BCUT2D eigenvalue weighted by atomic mass is 28.3. The zero-order valence-electron chi connectivity index (χ0n) is 22.9. The quantitative estimate of drug-likeness (QED) is 0.287. The van der Waals surface area contributed by atoms with Crippen molar-refractivity contribution in [3.8, 4) is 5.69 Å². The fourth-order valence-electron chi connectivity index (χ4n) is 8.32. The molecule has 0 radical (unpaired) electrons. The van der Waals surface area contributed by atoms with E-state index in [1.165, 1.54) is 70.0 Å². The number of rotatable bonds is 1. The second-order valence-corrected chi connectivity index (χ2v) is 17.1. The van der Waals surface area contributed by atoms with E-state index in [9.17, 15) is 0 Å². The van der Waals surface area contributed by atoms with Crippen LogP contribution >= 0.6 is 0 Å². The molecule has 0 saturated heterocycles. The highest BCUT2D eigenvalue weighted by molar-refractivity contribution is 7.14. The molecule has 1 nitrogen and oxygen atoms in total. The van der Waals surface area contributed by atoms with Crippen LogP contribution in [0.4, 0.5) is 0 Å². The number of nitrogens with zero attached hydrogens (tertiary/aromatic N) is 1. The minimum atomic E-state index is -1.78. The van der Waals surface area contributed by atoms with Crippen molar-refractivity contribution in [3.05, 3.63) is 107 Å². The Bertz CT molecular complexity index is 1790. The minimum Gasteiger partial charge on any atom is -0.313 e. The topological polar surface area (TPSA) is 4.93 Å². The Hall–Kier alpha value is -3.30. The molecule has 0 unspecified atom stereocenters. The van der Waals surface area contributed by atoms with Crippen molar-refractivity contribution in [3.63, 3.8) is 0 Å². The molecule has 38 heavy (non-hydrogen) atoms. The van der Waals surface area contributed by atoms with Crippen LogP contribution in [0.15, 0.2) is 84.9 Å². The molecule has 0 spiro atoms. The maximum absolute atomic E-state index is 2.59. The van der Waals surface area contributed by atoms with E-state index in [2.05, 4.69) is 116 Å². The summed E-state index contributed by atoms with van der Waals surface area (Å²) < 4.78 is 2.59. The molecule has 3 heteroatoms. The van der Waals surface area contributed by atoms with E-state index < -0.39 is 8.07 Å². The van der Waals surface area contributed by atoms with Crippen LogP contribution in [0.3, 0.4) is 0 Å². The predicted molar refractivity (Wildman–Crippen MR) is 166 cm³/mol. The molecule has 3 aliphatic rings. The number of para-hydroxylation sites is 1. The molecule has 186 valence electrons. The van der Waals surface area contributed by atoms with E-state index in [4.69, 9.17) is 0 Å². The molecular formula is C35H34BNSi. The Kier molecular flexibility index (Phi) is 4.55. The number of benzene rings is 4. The van der Waals surface area contributed by atoms with Gasteiger partial charge in [-0.25, -0.2) is 0 Å². The second-order valence-electron chi connectivity index (χ2n) is 12.8. The highest BCUT2D eigenvalue weighted by Crippen LogP contribution is 2.38. The van der Waals surface area contributed by atoms with Crippen molar-refractivity contribution in [2.24, 2.45) is 0 Å². The van der Waals surface area contributed by atoms with Crippen LogP contribution in [0.1, 0.15) is 49.1 Å². The molecule has 5 aromatic rings. The highest BCUT2D eigenvalue weighted by Gasteiger charge is 2.48. The standard InChI is InChI=1S/C35H34BNSi/c1-35(2)26-14-11-19-33-34(26)36(29-15-7-10-18-32(29)38(33,3)4)28-21-20-23(22-27(28)35)37-30-16-8-5-12-24(30)25-13-6-9-17-31(25)37/h5,7-8,10-12,14-16,18-22H,6,9,13,17H2,1-4H3. The van der Waals surface area contributed by atoms with Crippen LogP contribution in [0.25, 0.3) is 16.6 Å². The molecule has 1 aromatic heterocycles. The molecule has 4 aromatic carbocycles. The van der Waals surface area contributed by atoms with Crippen molar-refractivity contribution in [1.82, 2.24) is 4.57 Å². The first-order valence-electron chi connectivity index (χ1n) is 14.4. The molecule has 0 amide bonds. The maximum atomic E-state index is 2.59. The van der Waals surface area contributed by atoms with Gasteiger partial charge in [-0.2, -0.15) is 0 Å². The van der Waals surface area contributed by atoms with Gasteiger partial charge in [0.05, 0.1) is 5.52 Å². The van der Waals surface area contributed by atoms with Crippen molar-refractivity contribution >= 4 is 52.5 Å². The molecule has 0 N–H and O–H groups in total. The Balaban J connectivity index is 1.42. The van der Waals surface area contributed by atoms with Gasteiger partial charge >= 0.3 is 0 Å². The van der Waals surface area contributed by atoms with E-state index >= 15 is 0 Å². The van der Waals surface area contributed by atoms with E-state index in [-0.39, 0.29) is 5.41 Å². The van der Waals surface area contributed by atoms with Crippen molar-refractivity contribution in [1.29, 1.82) is 0 Å². The number of aromatic nitrogens is 1. The molecule has 0 bridgehead atoms. The third-order valence-electron chi connectivity index (χ3n) is 10.1. The van der Waals surface area contributed by atoms with Gasteiger partial charge in [0.15, 0.2) is 0 Å². The van der Waals surface area contributed by atoms with E-state index in [0.29, 0.717) is 6.71 Å². The lowest BCUT2D eigenvalue weighted by atomic mass is 9.31. The van der Waals surface area contributed by atoms with Crippen molar-refractivity contribution < 1.29 is 0 Å². The largest absolute Gasteiger partial charge is 0.313 e. The van der Waals surface area contributed by atoms with Crippen LogP contribution in [-0.4, -0.2) is 19.4 Å². The van der Waals surface area contributed by atoms with Crippen LogP contribution in [0, 0.1) is 0 Å². The van der Waals surface area contributed by atoms with Gasteiger partial charge in [0, 0.05) is 22.2 Å². The zero-order valence-corrected chi connectivity index (χ0v) is 23.9. The third-order valence-corrected chi connectivity index (χ3v) is 13.7. The van der Waals surface area contributed by atoms with Gasteiger partial charge in [0.1, 0.15) is 8.07 Å². The average Bonchev–Trinajstić information content (AvgIpc) is 3.27. The van der Waals surface area contributed by atoms with Crippen molar-refractivity contribution in [2.75, 3.05) is 0 Å². The lowest BCUT2D eigenvalue weighted by molar-refractivity contribution is 0.644. The fourth-order valence-corrected chi connectivity index (χ4v) is 11.5. The van der Waals surface area contributed by atoms with E-state index in [1.54, 1.807) is 21.4 Å². The summed E-state index contributed by atoms with van der Waals surface area (Å²) >= 11 is 0. The summed E-state index contributed by atoms with van der Waals surface area (Å²) in [6, 6.07) is 33.1. The molecule has 0 fully saturated rings. The van der Waals surface area contributed by atoms with Gasteiger partial charge in [-0.3, -0.25) is 0 Å². The fraction of sp³-hybridized carbons (Fsp3) is 0.257. The molecule has 2 aliphatic heterocycles. The average molecular weight is 508 g/mol. The SMILES string of the molecule is CC1(C)c2cc(-n3c4c(c5ccccc53)CCCC4)ccc2B2c3ccccc3[Si](C)(C)c3cccc1c32. The van der Waals surface area contributed by atoms with Crippen LogP contribution in [-0.2, 0) is 18.3 Å². The summed E-state index contributed by atoms with van der Waals surface area (Å²) in [6.07, 6.45) is 4.97. The lowest BCUT2D eigenvalue weighted by Gasteiger charge is -2.46. The number of aryl methyl sites for hydroxylation is 1. The van der Waals surface area contributed by atoms with Gasteiger partial charge in [0.25, 0.3) is 0 Å². The Labute approximate surface area is 227 Å².